The van der Waals surface area contributed by atoms with Crippen LogP contribution in [0.2, 0.25) is 4.34 Å². The van der Waals surface area contributed by atoms with E-state index < -0.39 is 0 Å². The molecule has 98 valence electrons. The molecule has 0 spiro atoms. The molecule has 0 radical (unpaired) electrons. The topological polar surface area (TPSA) is 49.3 Å². The van der Waals surface area contributed by atoms with Gasteiger partial charge >= 0.3 is 0 Å². The summed E-state index contributed by atoms with van der Waals surface area (Å²) in [6.45, 7) is 0.282. The molecule has 6 heteroatoms. The van der Waals surface area contributed by atoms with Gasteiger partial charge in [-0.2, -0.15) is 0 Å². The van der Waals surface area contributed by atoms with Crippen LogP contribution in [0.5, 0.6) is 0 Å². The minimum atomic E-state index is -0.182. The van der Waals surface area contributed by atoms with Crippen molar-refractivity contribution in [1.29, 1.82) is 0 Å². The molecule has 0 atom stereocenters. The number of hydrogen-bond donors (Lipinski definition) is 2. The quantitative estimate of drug-likeness (QED) is 0.856. The predicted octanol–water partition coefficient (Wildman–Crippen LogP) is 2.74. The molecule has 2 aromatic heterocycles. The van der Waals surface area contributed by atoms with E-state index in [2.05, 4.69) is 17.2 Å². The maximum atomic E-state index is 11.9. The van der Waals surface area contributed by atoms with Crippen LogP contribution in [0.25, 0.3) is 0 Å². The first-order valence-corrected chi connectivity index (χ1v) is 7.42. The van der Waals surface area contributed by atoms with Crippen LogP contribution >= 0.6 is 34.3 Å². The van der Waals surface area contributed by atoms with Crippen molar-refractivity contribution in [2.75, 3.05) is 6.61 Å². The largest absolute Gasteiger partial charge is 0.384 e. The Morgan fingerprint density at radius 1 is 1.32 bits per heavy atom. The number of thiophene rings is 2. The smallest absolute Gasteiger partial charge is 0.261 e. The molecule has 19 heavy (non-hydrogen) atoms. The summed E-state index contributed by atoms with van der Waals surface area (Å²) in [7, 11) is 0. The van der Waals surface area contributed by atoms with Crippen molar-refractivity contribution in [2.45, 2.75) is 6.54 Å². The number of nitrogens with one attached hydrogen (secondary N) is 1. The van der Waals surface area contributed by atoms with Gasteiger partial charge in [-0.1, -0.05) is 23.4 Å². The standard InChI is InChI=1S/C13H10ClNO2S2/c14-12-6-4-10(19-12)8-15-13(17)11-5-3-9(18-11)2-1-7-16/h3-6,16H,7-8H2,(H,15,17). The monoisotopic (exact) mass is 311 g/mol. The Bertz CT molecular complexity index is 636. The minimum Gasteiger partial charge on any atom is -0.384 e. The molecular weight excluding hydrogens is 302 g/mol. The first-order valence-electron chi connectivity index (χ1n) is 5.41. The molecule has 0 bridgehead atoms. The van der Waals surface area contributed by atoms with Crippen molar-refractivity contribution in [2.24, 2.45) is 0 Å². The number of amides is 1. The number of carbonyl (C=O) groups excluding carboxylic acids is 1. The molecular formula is C13H10ClNO2S2. The second kappa shape index (κ2) is 6.73. The predicted molar refractivity (Wildman–Crippen MR) is 78.8 cm³/mol. The van der Waals surface area contributed by atoms with E-state index in [1.807, 2.05) is 6.07 Å². The summed E-state index contributed by atoms with van der Waals surface area (Å²) >= 11 is 8.56. The lowest BCUT2D eigenvalue weighted by Crippen LogP contribution is -2.21. The summed E-state index contributed by atoms with van der Waals surface area (Å²) < 4.78 is 0.710. The van der Waals surface area contributed by atoms with Gasteiger partial charge in [0, 0.05) is 4.88 Å². The molecule has 3 nitrogen and oxygen atoms in total. The van der Waals surface area contributed by atoms with Crippen LogP contribution in [0, 0.1) is 11.8 Å². The molecule has 0 aliphatic carbocycles. The minimum absolute atomic E-state index is 0.133. The van der Waals surface area contributed by atoms with Crippen molar-refractivity contribution >= 4 is 40.2 Å². The molecule has 0 saturated carbocycles. The average molecular weight is 312 g/mol. The number of aliphatic hydroxyl groups excluding tert-OH is 1. The SMILES string of the molecule is O=C(NCc1ccc(Cl)s1)c1ccc(C#CCO)s1. The van der Waals surface area contributed by atoms with Crippen molar-refractivity contribution in [3.63, 3.8) is 0 Å². The number of aliphatic hydroxyl groups is 1. The Labute approximate surface area is 123 Å². The van der Waals surface area contributed by atoms with Gasteiger partial charge in [0.1, 0.15) is 6.61 Å². The fourth-order valence-corrected chi connectivity index (χ4v) is 3.18. The van der Waals surface area contributed by atoms with Crippen LogP contribution < -0.4 is 5.32 Å². The zero-order chi connectivity index (χ0) is 13.7. The van der Waals surface area contributed by atoms with E-state index >= 15 is 0 Å². The Hall–Kier alpha value is -1.32. The highest BCUT2D eigenvalue weighted by atomic mass is 35.5. The van der Waals surface area contributed by atoms with E-state index in [-0.39, 0.29) is 12.5 Å². The molecule has 2 rings (SSSR count). The normalized spacial score (nSPS) is 9.79. The molecule has 0 aromatic carbocycles. The van der Waals surface area contributed by atoms with Gasteiger partial charge in [-0.3, -0.25) is 4.79 Å². The molecule has 2 heterocycles. The number of hydrogen-bond acceptors (Lipinski definition) is 4. The van der Waals surface area contributed by atoms with Crippen molar-refractivity contribution in [1.82, 2.24) is 5.32 Å². The van der Waals surface area contributed by atoms with Gasteiger partial charge in [0.25, 0.3) is 5.91 Å². The van der Waals surface area contributed by atoms with Crippen molar-refractivity contribution in [3.8, 4) is 11.8 Å². The second-order valence-electron chi connectivity index (χ2n) is 3.51. The number of rotatable bonds is 3. The third kappa shape index (κ3) is 4.08. The molecule has 2 aromatic rings. The van der Waals surface area contributed by atoms with E-state index in [0.29, 0.717) is 15.8 Å². The lowest BCUT2D eigenvalue weighted by molar-refractivity contribution is 0.0955. The van der Waals surface area contributed by atoms with Gasteiger partial charge in [0.2, 0.25) is 0 Å². The van der Waals surface area contributed by atoms with Gasteiger partial charge < -0.3 is 10.4 Å². The molecule has 0 aliphatic rings. The Balaban J connectivity index is 1.94. The zero-order valence-electron chi connectivity index (χ0n) is 9.77. The lowest BCUT2D eigenvalue weighted by Gasteiger charge is -2.00. The lowest BCUT2D eigenvalue weighted by atomic mass is 10.4. The van der Waals surface area contributed by atoms with Crippen molar-refractivity contribution < 1.29 is 9.90 Å². The highest BCUT2D eigenvalue weighted by Crippen LogP contribution is 2.21. The molecule has 0 saturated heterocycles. The van der Waals surface area contributed by atoms with E-state index in [0.717, 1.165) is 9.75 Å². The van der Waals surface area contributed by atoms with Gasteiger partial charge in [-0.15, -0.1) is 22.7 Å². The van der Waals surface area contributed by atoms with E-state index in [1.54, 1.807) is 18.2 Å². The Kier molecular flexibility index (Phi) is 5.00. The Morgan fingerprint density at radius 3 is 2.84 bits per heavy atom. The third-order valence-electron chi connectivity index (χ3n) is 2.17. The third-order valence-corrected chi connectivity index (χ3v) is 4.40. The molecule has 1 amide bonds. The average Bonchev–Trinajstić information content (AvgIpc) is 3.02. The summed E-state index contributed by atoms with van der Waals surface area (Å²) in [6.07, 6.45) is 0. The maximum Gasteiger partial charge on any atom is 0.261 e. The molecule has 0 unspecified atom stereocenters. The summed E-state index contributed by atoms with van der Waals surface area (Å²) in [4.78, 5) is 14.3. The van der Waals surface area contributed by atoms with E-state index in [4.69, 9.17) is 16.7 Å². The van der Waals surface area contributed by atoms with Crippen LogP contribution in [-0.2, 0) is 6.54 Å². The van der Waals surface area contributed by atoms with E-state index in [1.165, 1.54) is 22.7 Å². The second-order valence-corrected chi connectivity index (χ2v) is 6.40. The maximum absolute atomic E-state index is 11.9. The first kappa shape index (κ1) is 14.1. The van der Waals surface area contributed by atoms with Crippen LogP contribution in [0.4, 0.5) is 0 Å². The summed E-state index contributed by atoms with van der Waals surface area (Å²) in [5.74, 6) is 5.19. The summed E-state index contributed by atoms with van der Waals surface area (Å²) in [6, 6.07) is 7.19. The van der Waals surface area contributed by atoms with Crippen LogP contribution in [0.1, 0.15) is 19.4 Å². The zero-order valence-corrected chi connectivity index (χ0v) is 12.2. The number of carbonyl (C=O) groups is 1. The molecule has 0 fully saturated rings. The van der Waals surface area contributed by atoms with Gasteiger partial charge in [-0.05, 0) is 24.3 Å². The van der Waals surface area contributed by atoms with Crippen molar-refractivity contribution in [3.05, 3.63) is 43.2 Å². The van der Waals surface area contributed by atoms with Crippen LogP contribution in [0.3, 0.4) is 0 Å². The highest BCUT2D eigenvalue weighted by Gasteiger charge is 2.08. The number of halogens is 1. The fourth-order valence-electron chi connectivity index (χ4n) is 1.36. The van der Waals surface area contributed by atoms with Gasteiger partial charge in [0.05, 0.1) is 20.6 Å². The van der Waals surface area contributed by atoms with Crippen LogP contribution in [0.15, 0.2) is 24.3 Å². The summed E-state index contributed by atoms with van der Waals surface area (Å²) in [5.41, 5.74) is 0. The van der Waals surface area contributed by atoms with Gasteiger partial charge in [-0.25, -0.2) is 0 Å². The Morgan fingerprint density at radius 2 is 2.16 bits per heavy atom. The molecule has 2 N–H and O–H groups in total. The fraction of sp³-hybridized carbons (Fsp3) is 0.154. The summed E-state index contributed by atoms with van der Waals surface area (Å²) in [5, 5.41) is 11.4. The van der Waals surface area contributed by atoms with Crippen LogP contribution in [-0.4, -0.2) is 17.6 Å². The molecule has 0 aliphatic heterocycles. The highest BCUT2D eigenvalue weighted by molar-refractivity contribution is 7.16. The van der Waals surface area contributed by atoms with E-state index in [9.17, 15) is 4.79 Å². The van der Waals surface area contributed by atoms with Gasteiger partial charge in [0.15, 0.2) is 0 Å². The first-order chi connectivity index (χ1) is 9.19.